The Balaban J connectivity index is 1.37. The summed E-state index contributed by atoms with van der Waals surface area (Å²) in [5, 5.41) is 12.3. The molecule has 9 heteroatoms. The van der Waals surface area contributed by atoms with Crippen molar-refractivity contribution in [3.63, 3.8) is 0 Å². The van der Waals surface area contributed by atoms with E-state index in [0.717, 1.165) is 62.9 Å². The number of nitrogens with one attached hydrogen (secondary N) is 3. The SMILES string of the molecule is CCCCC(=O)Nc1cncc(-c2cnc3n[nH]c(-c4cc5c(-c6cccnc6)nccc5[nH]4)c3c2)c1. The summed E-state index contributed by atoms with van der Waals surface area (Å²) in [7, 11) is 0. The van der Waals surface area contributed by atoms with Crippen molar-refractivity contribution >= 4 is 33.5 Å². The number of unbranched alkanes of at least 4 members (excludes halogenated alkanes) is 1. The third-order valence-electron chi connectivity index (χ3n) is 6.27. The number of amides is 1. The predicted molar refractivity (Wildman–Crippen MR) is 144 cm³/mol. The Morgan fingerprint density at radius 2 is 1.81 bits per heavy atom. The van der Waals surface area contributed by atoms with Crippen LogP contribution in [0.5, 0.6) is 0 Å². The third kappa shape index (κ3) is 4.42. The average molecular weight is 489 g/mol. The van der Waals surface area contributed by atoms with Crippen LogP contribution in [0.15, 0.2) is 73.6 Å². The number of carbonyl (C=O) groups excluding carboxylic acids is 1. The van der Waals surface area contributed by atoms with Crippen LogP contribution in [0.2, 0.25) is 0 Å². The summed E-state index contributed by atoms with van der Waals surface area (Å²) >= 11 is 0. The number of pyridine rings is 4. The molecule has 0 fully saturated rings. The van der Waals surface area contributed by atoms with Crippen LogP contribution in [-0.2, 0) is 4.79 Å². The molecule has 0 aliphatic heterocycles. The molecule has 0 bridgehead atoms. The quantitative estimate of drug-likeness (QED) is 0.263. The van der Waals surface area contributed by atoms with Crippen molar-refractivity contribution in [2.24, 2.45) is 0 Å². The smallest absolute Gasteiger partial charge is 0.224 e. The van der Waals surface area contributed by atoms with E-state index in [2.05, 4.69) is 53.4 Å². The van der Waals surface area contributed by atoms with Gasteiger partial charge in [0.1, 0.15) is 0 Å². The number of carbonyl (C=O) groups is 1. The minimum absolute atomic E-state index is 0.00884. The van der Waals surface area contributed by atoms with Gasteiger partial charge in [-0.1, -0.05) is 13.3 Å². The molecule has 6 aromatic heterocycles. The average Bonchev–Trinajstić information content (AvgIpc) is 3.56. The first-order valence-corrected chi connectivity index (χ1v) is 12.2. The lowest BCUT2D eigenvalue weighted by molar-refractivity contribution is -0.116. The number of hydrogen-bond donors (Lipinski definition) is 3. The first-order chi connectivity index (χ1) is 18.2. The maximum atomic E-state index is 12.2. The lowest BCUT2D eigenvalue weighted by Crippen LogP contribution is -2.11. The van der Waals surface area contributed by atoms with Crippen molar-refractivity contribution in [2.75, 3.05) is 5.32 Å². The van der Waals surface area contributed by atoms with Crippen LogP contribution in [0.3, 0.4) is 0 Å². The van der Waals surface area contributed by atoms with E-state index in [0.29, 0.717) is 17.8 Å². The largest absolute Gasteiger partial charge is 0.353 e. The van der Waals surface area contributed by atoms with Crippen molar-refractivity contribution in [1.29, 1.82) is 0 Å². The van der Waals surface area contributed by atoms with Crippen LogP contribution in [0.1, 0.15) is 26.2 Å². The van der Waals surface area contributed by atoms with E-state index in [1.165, 1.54) is 0 Å². The Hall–Kier alpha value is -4.92. The van der Waals surface area contributed by atoms with Crippen LogP contribution < -0.4 is 5.32 Å². The van der Waals surface area contributed by atoms with Crippen LogP contribution in [0, 0.1) is 0 Å². The molecule has 0 aromatic carbocycles. The minimum atomic E-state index is -0.00884. The number of hydrogen-bond acceptors (Lipinski definition) is 6. The Morgan fingerprint density at radius 3 is 2.68 bits per heavy atom. The highest BCUT2D eigenvalue weighted by Crippen LogP contribution is 2.33. The fourth-order valence-electron chi connectivity index (χ4n) is 4.41. The van der Waals surface area contributed by atoms with E-state index in [-0.39, 0.29) is 5.91 Å². The zero-order chi connectivity index (χ0) is 25.2. The number of rotatable bonds is 7. The van der Waals surface area contributed by atoms with Gasteiger partial charge < -0.3 is 10.3 Å². The molecule has 9 nitrogen and oxygen atoms in total. The molecule has 0 spiro atoms. The van der Waals surface area contributed by atoms with Crippen molar-refractivity contribution in [3.05, 3.63) is 73.6 Å². The monoisotopic (exact) mass is 488 g/mol. The van der Waals surface area contributed by atoms with E-state index in [9.17, 15) is 4.79 Å². The van der Waals surface area contributed by atoms with Crippen LogP contribution in [0.4, 0.5) is 5.69 Å². The summed E-state index contributed by atoms with van der Waals surface area (Å²) in [6.07, 6.45) is 12.9. The number of H-pyrrole nitrogens is 2. The van der Waals surface area contributed by atoms with Gasteiger partial charge in [0.05, 0.1) is 29.0 Å². The number of anilines is 1. The molecule has 37 heavy (non-hydrogen) atoms. The fourth-order valence-corrected chi connectivity index (χ4v) is 4.41. The molecule has 0 saturated carbocycles. The molecular weight excluding hydrogens is 464 g/mol. The molecule has 0 aliphatic carbocycles. The predicted octanol–water partition coefficient (Wildman–Crippen LogP) is 5.75. The highest BCUT2D eigenvalue weighted by Gasteiger charge is 2.15. The first-order valence-electron chi connectivity index (χ1n) is 12.2. The second-order valence-electron chi connectivity index (χ2n) is 8.85. The molecule has 0 radical (unpaired) electrons. The topological polar surface area (TPSA) is 125 Å². The number of fused-ring (bicyclic) bond motifs is 2. The Kier molecular flexibility index (Phi) is 5.86. The highest BCUT2D eigenvalue weighted by atomic mass is 16.1. The molecule has 3 N–H and O–H groups in total. The first kappa shape index (κ1) is 22.5. The van der Waals surface area contributed by atoms with Crippen molar-refractivity contribution in [3.8, 4) is 33.8 Å². The summed E-state index contributed by atoms with van der Waals surface area (Å²) in [5.74, 6) is -0.00884. The molecule has 6 rings (SSSR count). The summed E-state index contributed by atoms with van der Waals surface area (Å²) < 4.78 is 0. The van der Waals surface area contributed by atoms with Gasteiger partial charge in [-0.15, -0.1) is 0 Å². The van der Waals surface area contributed by atoms with Crippen LogP contribution >= 0.6 is 0 Å². The second-order valence-corrected chi connectivity index (χ2v) is 8.85. The zero-order valence-electron chi connectivity index (χ0n) is 20.2. The van der Waals surface area contributed by atoms with Crippen LogP contribution in [0.25, 0.3) is 55.7 Å². The standard InChI is InChI=1S/C28H24N8O/c1-2-3-6-25(37)33-20-10-18(14-30-16-20)19-11-22-27(35-36-28(22)32-15-19)24-12-21-23(34-24)7-9-31-26(21)17-5-4-8-29-13-17/h4-5,7-16,34H,2-3,6H2,1H3,(H,33,37)(H,32,35,36). The van der Waals surface area contributed by atoms with Crippen molar-refractivity contribution < 1.29 is 4.79 Å². The number of aromatic amines is 2. The second kappa shape index (κ2) is 9.62. The van der Waals surface area contributed by atoms with Gasteiger partial charge in [0.25, 0.3) is 0 Å². The van der Waals surface area contributed by atoms with Gasteiger partial charge in [-0.3, -0.25) is 24.8 Å². The third-order valence-corrected chi connectivity index (χ3v) is 6.27. The van der Waals surface area contributed by atoms with Crippen molar-refractivity contribution in [1.82, 2.24) is 35.1 Å². The Bertz CT molecular complexity index is 1720. The molecular formula is C28H24N8O. The minimum Gasteiger partial charge on any atom is -0.353 e. The maximum absolute atomic E-state index is 12.2. The zero-order valence-corrected chi connectivity index (χ0v) is 20.2. The highest BCUT2D eigenvalue weighted by molar-refractivity contribution is 6.00. The summed E-state index contributed by atoms with van der Waals surface area (Å²) in [5.41, 5.74) is 7.49. The van der Waals surface area contributed by atoms with E-state index in [1.807, 2.05) is 36.5 Å². The van der Waals surface area contributed by atoms with Gasteiger partial charge in [-0.2, -0.15) is 5.10 Å². The van der Waals surface area contributed by atoms with Gasteiger partial charge in [-0.05, 0) is 42.8 Å². The molecule has 0 aliphatic rings. The van der Waals surface area contributed by atoms with E-state index < -0.39 is 0 Å². The number of nitrogens with zero attached hydrogens (tertiary/aromatic N) is 5. The molecule has 0 atom stereocenters. The molecule has 6 heterocycles. The Labute approximate surface area is 212 Å². The lowest BCUT2D eigenvalue weighted by Gasteiger charge is -2.07. The van der Waals surface area contributed by atoms with E-state index in [4.69, 9.17) is 0 Å². The normalized spacial score (nSPS) is 11.3. The number of aromatic nitrogens is 7. The van der Waals surface area contributed by atoms with E-state index >= 15 is 0 Å². The molecule has 0 unspecified atom stereocenters. The molecule has 1 amide bonds. The van der Waals surface area contributed by atoms with Gasteiger partial charge in [0, 0.05) is 70.4 Å². The Morgan fingerprint density at radius 1 is 0.919 bits per heavy atom. The summed E-state index contributed by atoms with van der Waals surface area (Å²) in [6, 6.07) is 11.9. The lowest BCUT2D eigenvalue weighted by atomic mass is 10.1. The van der Waals surface area contributed by atoms with Gasteiger partial charge in [0.2, 0.25) is 5.91 Å². The van der Waals surface area contributed by atoms with E-state index in [1.54, 1.807) is 31.0 Å². The van der Waals surface area contributed by atoms with Gasteiger partial charge >= 0.3 is 0 Å². The summed E-state index contributed by atoms with van der Waals surface area (Å²) in [4.78, 5) is 33.4. The van der Waals surface area contributed by atoms with Gasteiger partial charge in [-0.25, -0.2) is 4.98 Å². The fraction of sp³-hybridized carbons (Fsp3) is 0.143. The van der Waals surface area contributed by atoms with Crippen LogP contribution in [-0.4, -0.2) is 41.0 Å². The maximum Gasteiger partial charge on any atom is 0.224 e. The molecule has 0 saturated heterocycles. The van der Waals surface area contributed by atoms with Crippen molar-refractivity contribution in [2.45, 2.75) is 26.2 Å². The summed E-state index contributed by atoms with van der Waals surface area (Å²) in [6.45, 7) is 2.06. The molecule has 182 valence electrons. The molecule has 6 aromatic rings. The van der Waals surface area contributed by atoms with Gasteiger partial charge in [0.15, 0.2) is 5.65 Å².